The van der Waals surface area contributed by atoms with Crippen LogP contribution in [-0.4, -0.2) is 17.3 Å². The molecule has 0 saturated heterocycles. The van der Waals surface area contributed by atoms with Gasteiger partial charge in [-0.2, -0.15) is 0 Å². The zero-order chi connectivity index (χ0) is 9.03. The van der Waals surface area contributed by atoms with Crippen LogP contribution in [0.1, 0.15) is 26.7 Å². The smallest absolute Gasteiger partial charge is 0.0954 e. The molecule has 0 fully saturated rings. The summed E-state index contributed by atoms with van der Waals surface area (Å²) in [7, 11) is 0. The topological polar surface area (TPSA) is 29.5 Å². The number of rotatable bonds is 3. The van der Waals surface area contributed by atoms with Crippen molar-refractivity contribution < 1.29 is 9.84 Å². The van der Waals surface area contributed by atoms with E-state index in [2.05, 4.69) is 6.92 Å². The van der Waals surface area contributed by atoms with E-state index in [0.717, 1.165) is 13.0 Å². The van der Waals surface area contributed by atoms with Gasteiger partial charge in [0, 0.05) is 13.0 Å². The summed E-state index contributed by atoms with van der Waals surface area (Å²) in [5, 5.41) is 9.27. The molecule has 0 amide bonds. The first kappa shape index (κ1) is 9.33. The molecule has 12 heavy (non-hydrogen) atoms. The van der Waals surface area contributed by atoms with Crippen molar-refractivity contribution in [1.82, 2.24) is 0 Å². The van der Waals surface area contributed by atoms with E-state index in [1.807, 2.05) is 19.1 Å². The number of hydrogen-bond donors (Lipinski definition) is 1. The Morgan fingerprint density at radius 1 is 1.67 bits per heavy atom. The maximum Gasteiger partial charge on any atom is 0.0954 e. The van der Waals surface area contributed by atoms with Gasteiger partial charge in [-0.3, -0.25) is 0 Å². The summed E-state index contributed by atoms with van der Waals surface area (Å²) in [6.07, 6.45) is 7.13. The van der Waals surface area contributed by atoms with E-state index in [9.17, 15) is 5.11 Å². The molecule has 1 atom stereocenters. The van der Waals surface area contributed by atoms with Crippen LogP contribution in [0.2, 0.25) is 0 Å². The standard InChI is InChI=1S/C10H16O2/c1-3-7-12-10(2)6-4-5-9(11)8-10/h4-6,11H,3,7-8H2,1-2H3. The highest BCUT2D eigenvalue weighted by Gasteiger charge is 2.24. The number of hydrogen-bond acceptors (Lipinski definition) is 2. The molecule has 1 unspecified atom stereocenters. The van der Waals surface area contributed by atoms with E-state index in [4.69, 9.17) is 4.74 Å². The molecular formula is C10H16O2. The zero-order valence-corrected chi connectivity index (χ0v) is 7.71. The van der Waals surface area contributed by atoms with Gasteiger partial charge in [0.15, 0.2) is 0 Å². The highest BCUT2D eigenvalue weighted by atomic mass is 16.5. The van der Waals surface area contributed by atoms with Crippen molar-refractivity contribution in [3.8, 4) is 0 Å². The van der Waals surface area contributed by atoms with Gasteiger partial charge in [-0.25, -0.2) is 0 Å². The predicted molar refractivity (Wildman–Crippen MR) is 49.1 cm³/mol. The van der Waals surface area contributed by atoms with Crippen LogP contribution >= 0.6 is 0 Å². The Bertz CT molecular complexity index is 206. The van der Waals surface area contributed by atoms with Crippen LogP contribution in [0.3, 0.4) is 0 Å². The lowest BCUT2D eigenvalue weighted by Gasteiger charge is -2.27. The quantitative estimate of drug-likeness (QED) is 0.701. The third kappa shape index (κ3) is 2.38. The second-order valence-corrected chi connectivity index (χ2v) is 3.36. The first-order chi connectivity index (χ1) is 5.66. The van der Waals surface area contributed by atoms with Crippen LogP contribution in [0.4, 0.5) is 0 Å². The maximum absolute atomic E-state index is 9.27. The summed E-state index contributed by atoms with van der Waals surface area (Å²) in [5.74, 6) is 0.399. The molecule has 1 rings (SSSR count). The van der Waals surface area contributed by atoms with Crippen molar-refractivity contribution in [3.05, 3.63) is 24.0 Å². The van der Waals surface area contributed by atoms with Crippen LogP contribution in [0.25, 0.3) is 0 Å². The van der Waals surface area contributed by atoms with Gasteiger partial charge in [0.05, 0.1) is 11.4 Å². The molecule has 2 nitrogen and oxygen atoms in total. The van der Waals surface area contributed by atoms with Gasteiger partial charge in [0.2, 0.25) is 0 Å². The van der Waals surface area contributed by atoms with Crippen molar-refractivity contribution in [3.63, 3.8) is 0 Å². The Morgan fingerprint density at radius 2 is 2.42 bits per heavy atom. The van der Waals surface area contributed by atoms with E-state index in [-0.39, 0.29) is 5.60 Å². The molecule has 0 saturated carbocycles. The fourth-order valence-electron chi connectivity index (χ4n) is 1.27. The predicted octanol–water partition coefficient (Wildman–Crippen LogP) is 2.57. The number of allylic oxidation sites excluding steroid dienone is 2. The number of ether oxygens (including phenoxy) is 1. The average molecular weight is 168 g/mol. The monoisotopic (exact) mass is 168 g/mol. The van der Waals surface area contributed by atoms with Gasteiger partial charge < -0.3 is 9.84 Å². The normalized spacial score (nSPS) is 28.7. The minimum Gasteiger partial charge on any atom is -0.512 e. The molecule has 1 aliphatic carbocycles. The minimum atomic E-state index is -0.297. The summed E-state index contributed by atoms with van der Waals surface area (Å²) in [5.41, 5.74) is -0.297. The van der Waals surface area contributed by atoms with Crippen molar-refractivity contribution >= 4 is 0 Å². The summed E-state index contributed by atoms with van der Waals surface area (Å²) < 4.78 is 5.60. The lowest BCUT2D eigenvalue weighted by molar-refractivity contribution is -0.00130. The van der Waals surface area contributed by atoms with Gasteiger partial charge in [-0.05, 0) is 19.4 Å². The van der Waals surface area contributed by atoms with Crippen LogP contribution in [0.5, 0.6) is 0 Å². The van der Waals surface area contributed by atoms with Crippen LogP contribution in [-0.2, 0) is 4.74 Å². The molecule has 1 aliphatic rings. The molecule has 0 bridgehead atoms. The fourth-order valence-corrected chi connectivity index (χ4v) is 1.27. The van der Waals surface area contributed by atoms with Gasteiger partial charge >= 0.3 is 0 Å². The van der Waals surface area contributed by atoms with Crippen molar-refractivity contribution in [2.75, 3.05) is 6.61 Å². The summed E-state index contributed by atoms with van der Waals surface area (Å²) >= 11 is 0. The number of aliphatic hydroxyl groups is 1. The third-order valence-corrected chi connectivity index (χ3v) is 1.91. The molecule has 0 aromatic rings. The molecule has 0 aliphatic heterocycles. The van der Waals surface area contributed by atoms with E-state index < -0.39 is 0 Å². The lowest BCUT2D eigenvalue weighted by atomic mass is 9.96. The van der Waals surface area contributed by atoms with Gasteiger partial charge in [-0.1, -0.05) is 19.1 Å². The molecular weight excluding hydrogens is 152 g/mol. The molecule has 2 heteroatoms. The van der Waals surface area contributed by atoms with Gasteiger partial charge in [0.25, 0.3) is 0 Å². The van der Waals surface area contributed by atoms with E-state index >= 15 is 0 Å². The second-order valence-electron chi connectivity index (χ2n) is 3.36. The molecule has 0 spiro atoms. The van der Waals surface area contributed by atoms with Crippen molar-refractivity contribution in [2.45, 2.75) is 32.3 Å². The van der Waals surface area contributed by atoms with E-state index in [1.54, 1.807) is 6.08 Å². The maximum atomic E-state index is 9.27. The summed E-state index contributed by atoms with van der Waals surface area (Å²) in [6.45, 7) is 4.81. The Labute approximate surface area is 73.5 Å². The Hall–Kier alpha value is -0.760. The molecule has 1 N–H and O–H groups in total. The van der Waals surface area contributed by atoms with Crippen LogP contribution in [0, 0.1) is 0 Å². The highest BCUT2D eigenvalue weighted by Crippen LogP contribution is 2.24. The second kappa shape index (κ2) is 3.76. The molecule has 0 aromatic heterocycles. The first-order valence-electron chi connectivity index (χ1n) is 4.37. The Kier molecular flexibility index (Phi) is 2.93. The minimum absolute atomic E-state index is 0.297. The lowest BCUT2D eigenvalue weighted by Crippen LogP contribution is -2.28. The van der Waals surface area contributed by atoms with E-state index in [0.29, 0.717) is 12.2 Å². The highest BCUT2D eigenvalue weighted by molar-refractivity contribution is 5.20. The SMILES string of the molecule is CCCOC1(C)C=CC=C(O)C1. The fraction of sp³-hybridized carbons (Fsp3) is 0.600. The summed E-state index contributed by atoms with van der Waals surface area (Å²) in [6, 6.07) is 0. The van der Waals surface area contributed by atoms with Gasteiger partial charge in [0.1, 0.15) is 0 Å². The molecule has 0 aromatic carbocycles. The van der Waals surface area contributed by atoms with Crippen molar-refractivity contribution in [1.29, 1.82) is 0 Å². The molecule has 68 valence electrons. The zero-order valence-electron chi connectivity index (χ0n) is 7.71. The molecule has 0 radical (unpaired) electrons. The summed E-state index contributed by atoms with van der Waals surface area (Å²) in [4.78, 5) is 0. The van der Waals surface area contributed by atoms with Crippen LogP contribution in [0.15, 0.2) is 24.0 Å². The Balaban J connectivity index is 2.51. The Morgan fingerprint density at radius 3 is 3.00 bits per heavy atom. The first-order valence-corrected chi connectivity index (χ1v) is 4.37. The molecule has 0 heterocycles. The third-order valence-electron chi connectivity index (χ3n) is 1.91. The van der Waals surface area contributed by atoms with Crippen molar-refractivity contribution in [2.24, 2.45) is 0 Å². The van der Waals surface area contributed by atoms with E-state index in [1.165, 1.54) is 0 Å². The largest absolute Gasteiger partial charge is 0.512 e. The van der Waals surface area contributed by atoms with Gasteiger partial charge in [-0.15, -0.1) is 0 Å². The average Bonchev–Trinajstić information content (AvgIpc) is 2.01. The number of aliphatic hydroxyl groups excluding tert-OH is 1. The van der Waals surface area contributed by atoms with Crippen LogP contribution < -0.4 is 0 Å².